The van der Waals surface area contributed by atoms with Crippen LogP contribution in [-0.2, 0) is 4.79 Å². The van der Waals surface area contributed by atoms with Crippen LogP contribution in [0.4, 0.5) is 5.69 Å². The molecule has 19 heavy (non-hydrogen) atoms. The molecule has 0 aromatic heterocycles. The molecule has 0 fully saturated rings. The lowest BCUT2D eigenvalue weighted by atomic mass is 10.1. The smallest absolute Gasteiger partial charge is 0.253 e. The Bertz CT molecular complexity index is 432. The van der Waals surface area contributed by atoms with E-state index in [9.17, 15) is 9.59 Å². The quantitative estimate of drug-likeness (QED) is 0.696. The molecule has 3 N–H and O–H groups in total. The molecular weight excluding hydrogens is 242 g/mol. The molecule has 0 heterocycles. The van der Waals surface area contributed by atoms with Crippen molar-refractivity contribution in [1.82, 2.24) is 10.6 Å². The van der Waals surface area contributed by atoms with E-state index in [0.29, 0.717) is 25.1 Å². The Hall–Kier alpha value is -2.04. The molecule has 0 unspecified atom stereocenters. The highest BCUT2D eigenvalue weighted by Gasteiger charge is 2.09. The van der Waals surface area contributed by atoms with Crippen LogP contribution in [0.3, 0.4) is 0 Å². The zero-order valence-electron chi connectivity index (χ0n) is 11.5. The molecular formula is C14H21N3O2. The van der Waals surface area contributed by atoms with Gasteiger partial charge in [-0.3, -0.25) is 9.59 Å². The molecule has 0 bridgehead atoms. The number of hydrogen-bond donors (Lipinski definition) is 3. The van der Waals surface area contributed by atoms with Gasteiger partial charge in [0, 0.05) is 32.2 Å². The number of carbonyl (C=O) groups excluding carboxylic acids is 2. The highest BCUT2D eigenvalue weighted by Crippen LogP contribution is 2.13. The summed E-state index contributed by atoms with van der Waals surface area (Å²) in [7, 11) is 1.77. The van der Waals surface area contributed by atoms with Crippen molar-refractivity contribution in [3.63, 3.8) is 0 Å². The highest BCUT2D eigenvalue weighted by atomic mass is 16.2. The van der Waals surface area contributed by atoms with E-state index >= 15 is 0 Å². The van der Waals surface area contributed by atoms with Gasteiger partial charge in [-0.05, 0) is 18.6 Å². The second-order valence-electron chi connectivity index (χ2n) is 4.15. The lowest BCUT2D eigenvalue weighted by molar-refractivity contribution is -0.120. The molecule has 0 aliphatic rings. The largest absolute Gasteiger partial charge is 0.387 e. The van der Waals surface area contributed by atoms with Gasteiger partial charge < -0.3 is 16.0 Å². The van der Waals surface area contributed by atoms with Crippen LogP contribution in [0.25, 0.3) is 0 Å². The van der Waals surface area contributed by atoms with Gasteiger partial charge in [0.15, 0.2) is 0 Å². The van der Waals surface area contributed by atoms with E-state index < -0.39 is 0 Å². The first kappa shape index (κ1) is 15.0. The van der Waals surface area contributed by atoms with Crippen molar-refractivity contribution in [2.75, 3.05) is 25.5 Å². The molecule has 104 valence electrons. The van der Waals surface area contributed by atoms with Crippen molar-refractivity contribution in [3.8, 4) is 0 Å². The van der Waals surface area contributed by atoms with Crippen LogP contribution in [0.5, 0.6) is 0 Å². The molecule has 0 aliphatic carbocycles. The number of benzene rings is 1. The third-order valence-corrected chi connectivity index (χ3v) is 2.65. The standard InChI is InChI=1S/C14H21N3O2/c1-3-9-16-13(18)8-10-17-14(19)11-6-4-5-7-12(11)15-2/h4-7,15H,3,8-10H2,1-2H3,(H,16,18)(H,17,19). The molecule has 1 rings (SSSR count). The average Bonchev–Trinajstić information content (AvgIpc) is 2.44. The molecule has 0 spiro atoms. The van der Waals surface area contributed by atoms with Crippen molar-refractivity contribution in [1.29, 1.82) is 0 Å². The Labute approximate surface area is 113 Å². The number of carbonyl (C=O) groups is 2. The highest BCUT2D eigenvalue weighted by molar-refractivity contribution is 5.99. The molecule has 1 aromatic carbocycles. The van der Waals surface area contributed by atoms with Gasteiger partial charge in [0.25, 0.3) is 5.91 Å². The van der Waals surface area contributed by atoms with Gasteiger partial charge in [-0.25, -0.2) is 0 Å². The SMILES string of the molecule is CCCNC(=O)CCNC(=O)c1ccccc1NC. The van der Waals surface area contributed by atoms with Crippen LogP contribution in [0, 0.1) is 0 Å². The maximum atomic E-state index is 11.9. The predicted octanol–water partition coefficient (Wildman–Crippen LogP) is 1.37. The Balaban J connectivity index is 2.41. The van der Waals surface area contributed by atoms with Crippen LogP contribution in [0.15, 0.2) is 24.3 Å². The minimum absolute atomic E-state index is 0.0379. The first-order valence-electron chi connectivity index (χ1n) is 6.50. The lowest BCUT2D eigenvalue weighted by Gasteiger charge is -2.09. The van der Waals surface area contributed by atoms with Crippen molar-refractivity contribution < 1.29 is 9.59 Å². The van der Waals surface area contributed by atoms with Gasteiger partial charge in [0.2, 0.25) is 5.91 Å². The molecule has 0 aliphatic heterocycles. The van der Waals surface area contributed by atoms with Crippen LogP contribution in [-0.4, -0.2) is 32.0 Å². The minimum atomic E-state index is -0.173. The van der Waals surface area contributed by atoms with Crippen LogP contribution < -0.4 is 16.0 Å². The number of amides is 2. The number of nitrogens with one attached hydrogen (secondary N) is 3. The number of hydrogen-bond acceptors (Lipinski definition) is 3. The van der Waals surface area contributed by atoms with E-state index in [2.05, 4.69) is 16.0 Å². The summed E-state index contributed by atoms with van der Waals surface area (Å²) < 4.78 is 0. The first-order valence-corrected chi connectivity index (χ1v) is 6.50. The van der Waals surface area contributed by atoms with Crippen molar-refractivity contribution >= 4 is 17.5 Å². The number of para-hydroxylation sites is 1. The maximum absolute atomic E-state index is 11.9. The van der Waals surface area contributed by atoms with E-state index in [1.165, 1.54) is 0 Å². The summed E-state index contributed by atoms with van der Waals surface area (Å²) in [6, 6.07) is 7.26. The number of rotatable bonds is 7. The fraction of sp³-hybridized carbons (Fsp3) is 0.429. The van der Waals surface area contributed by atoms with E-state index in [1.807, 2.05) is 25.1 Å². The topological polar surface area (TPSA) is 70.2 Å². The van der Waals surface area contributed by atoms with Crippen LogP contribution in [0.1, 0.15) is 30.1 Å². The lowest BCUT2D eigenvalue weighted by Crippen LogP contribution is -2.31. The molecule has 0 saturated heterocycles. The zero-order valence-corrected chi connectivity index (χ0v) is 11.5. The molecule has 0 atom stereocenters. The molecule has 1 aromatic rings. The Morgan fingerprint density at radius 2 is 1.84 bits per heavy atom. The summed E-state index contributed by atoms with van der Waals surface area (Å²) in [5, 5.41) is 8.47. The van der Waals surface area contributed by atoms with Gasteiger partial charge in [-0.2, -0.15) is 0 Å². The Morgan fingerprint density at radius 3 is 2.53 bits per heavy atom. The summed E-state index contributed by atoms with van der Waals surface area (Å²) in [5.74, 6) is -0.211. The number of anilines is 1. The van der Waals surface area contributed by atoms with Crippen molar-refractivity contribution in [3.05, 3.63) is 29.8 Å². The molecule has 2 amide bonds. The zero-order chi connectivity index (χ0) is 14.1. The third-order valence-electron chi connectivity index (χ3n) is 2.65. The average molecular weight is 263 g/mol. The monoisotopic (exact) mass is 263 g/mol. The van der Waals surface area contributed by atoms with E-state index in [1.54, 1.807) is 13.1 Å². The first-order chi connectivity index (χ1) is 9.19. The fourth-order valence-electron chi connectivity index (χ4n) is 1.64. The summed E-state index contributed by atoms with van der Waals surface area (Å²) in [6.07, 6.45) is 1.21. The second kappa shape index (κ2) is 8.13. The second-order valence-corrected chi connectivity index (χ2v) is 4.15. The van der Waals surface area contributed by atoms with E-state index in [0.717, 1.165) is 12.1 Å². The van der Waals surface area contributed by atoms with Crippen molar-refractivity contribution in [2.24, 2.45) is 0 Å². The molecule has 0 radical (unpaired) electrons. The van der Waals surface area contributed by atoms with Crippen LogP contribution >= 0.6 is 0 Å². The van der Waals surface area contributed by atoms with E-state index in [4.69, 9.17) is 0 Å². The normalized spacial score (nSPS) is 9.79. The van der Waals surface area contributed by atoms with Gasteiger partial charge in [0.1, 0.15) is 0 Å². The van der Waals surface area contributed by atoms with Crippen molar-refractivity contribution in [2.45, 2.75) is 19.8 Å². The minimum Gasteiger partial charge on any atom is -0.387 e. The molecule has 5 nitrogen and oxygen atoms in total. The fourth-order valence-corrected chi connectivity index (χ4v) is 1.64. The van der Waals surface area contributed by atoms with E-state index in [-0.39, 0.29) is 11.8 Å². The van der Waals surface area contributed by atoms with Gasteiger partial charge >= 0.3 is 0 Å². The molecule has 0 saturated carbocycles. The van der Waals surface area contributed by atoms with Gasteiger partial charge in [-0.1, -0.05) is 19.1 Å². The van der Waals surface area contributed by atoms with Gasteiger partial charge in [0.05, 0.1) is 5.56 Å². The maximum Gasteiger partial charge on any atom is 0.253 e. The molecule has 5 heteroatoms. The summed E-state index contributed by atoms with van der Waals surface area (Å²) >= 11 is 0. The third kappa shape index (κ3) is 4.99. The van der Waals surface area contributed by atoms with Crippen LogP contribution in [0.2, 0.25) is 0 Å². The summed E-state index contributed by atoms with van der Waals surface area (Å²) in [5.41, 5.74) is 1.36. The summed E-state index contributed by atoms with van der Waals surface area (Å²) in [4.78, 5) is 23.3. The Kier molecular flexibility index (Phi) is 6.43. The summed E-state index contributed by atoms with van der Waals surface area (Å²) in [6.45, 7) is 3.01. The Morgan fingerprint density at radius 1 is 1.11 bits per heavy atom. The predicted molar refractivity (Wildman–Crippen MR) is 76.2 cm³/mol. The van der Waals surface area contributed by atoms with Gasteiger partial charge in [-0.15, -0.1) is 0 Å².